The number of hydrogen-bond donors (Lipinski definition) is 0. The number of amides is 1. The Kier molecular flexibility index (Phi) is 2.52. The Morgan fingerprint density at radius 3 is 3.18 bits per heavy atom. The lowest BCUT2D eigenvalue weighted by atomic mass is 10.2. The summed E-state index contributed by atoms with van der Waals surface area (Å²) >= 11 is 0. The van der Waals surface area contributed by atoms with Gasteiger partial charge in [-0.05, 0) is 6.42 Å². The van der Waals surface area contributed by atoms with E-state index < -0.39 is 0 Å². The lowest BCUT2D eigenvalue weighted by molar-refractivity contribution is 0.166. The van der Waals surface area contributed by atoms with Gasteiger partial charge in [0.25, 0.3) is 0 Å². The summed E-state index contributed by atoms with van der Waals surface area (Å²) in [6, 6.07) is 0.213. The summed E-state index contributed by atoms with van der Waals surface area (Å²) in [4.78, 5) is 12.5. The summed E-state index contributed by atoms with van der Waals surface area (Å²) in [5, 5.41) is 0. The predicted molar refractivity (Wildman–Crippen MR) is 42.1 cm³/mol. The molecule has 0 bridgehead atoms. The second-order valence-electron chi connectivity index (χ2n) is 2.61. The van der Waals surface area contributed by atoms with Gasteiger partial charge in [-0.2, -0.15) is 0 Å². The van der Waals surface area contributed by atoms with Crippen molar-refractivity contribution in [1.29, 1.82) is 0 Å². The Bertz CT molecular complexity index is 167. The summed E-state index contributed by atoms with van der Waals surface area (Å²) in [6.07, 6.45) is 3.32. The molecule has 1 fully saturated rings. The van der Waals surface area contributed by atoms with Gasteiger partial charge in [0.15, 0.2) is 0 Å². The standard InChI is InChI=1S/C8H13NO2/c1-3-5-7-6-11-8(10)9(7)4-2/h4,7H,2-3,5-6H2,1H3. The average molecular weight is 155 g/mol. The lowest BCUT2D eigenvalue weighted by Gasteiger charge is -2.14. The molecule has 0 aliphatic carbocycles. The Balaban J connectivity index is 2.53. The fraction of sp³-hybridized carbons (Fsp3) is 0.625. The van der Waals surface area contributed by atoms with Crippen LogP contribution in [0, 0.1) is 0 Å². The second-order valence-corrected chi connectivity index (χ2v) is 2.61. The minimum atomic E-state index is -0.265. The van der Waals surface area contributed by atoms with Gasteiger partial charge in [-0.25, -0.2) is 4.79 Å². The van der Waals surface area contributed by atoms with Crippen LogP contribution in [0.15, 0.2) is 12.8 Å². The van der Waals surface area contributed by atoms with Crippen molar-refractivity contribution in [2.75, 3.05) is 6.61 Å². The van der Waals surface area contributed by atoms with Crippen molar-refractivity contribution in [3.63, 3.8) is 0 Å². The molecule has 62 valence electrons. The summed E-state index contributed by atoms with van der Waals surface area (Å²) < 4.78 is 4.84. The molecule has 1 saturated heterocycles. The molecule has 0 aromatic heterocycles. The molecule has 1 atom stereocenters. The van der Waals surface area contributed by atoms with E-state index in [-0.39, 0.29) is 12.1 Å². The summed E-state index contributed by atoms with van der Waals surface area (Å²) in [5.74, 6) is 0. The third-order valence-electron chi connectivity index (χ3n) is 1.82. The first-order valence-electron chi connectivity index (χ1n) is 3.87. The maximum absolute atomic E-state index is 10.9. The van der Waals surface area contributed by atoms with Gasteiger partial charge >= 0.3 is 6.09 Å². The zero-order valence-electron chi connectivity index (χ0n) is 6.75. The topological polar surface area (TPSA) is 29.5 Å². The molecule has 0 saturated carbocycles. The highest BCUT2D eigenvalue weighted by molar-refractivity contribution is 5.71. The Hall–Kier alpha value is -0.990. The molecule has 3 heteroatoms. The molecule has 1 rings (SSSR count). The van der Waals surface area contributed by atoms with Gasteiger partial charge in [0, 0.05) is 6.20 Å². The van der Waals surface area contributed by atoms with E-state index in [1.165, 1.54) is 6.20 Å². The van der Waals surface area contributed by atoms with E-state index in [0.717, 1.165) is 12.8 Å². The predicted octanol–water partition coefficient (Wildman–Crippen LogP) is 1.75. The molecule has 1 unspecified atom stereocenters. The maximum atomic E-state index is 10.9. The van der Waals surface area contributed by atoms with E-state index in [1.54, 1.807) is 4.90 Å². The smallest absolute Gasteiger partial charge is 0.414 e. The van der Waals surface area contributed by atoms with Crippen LogP contribution >= 0.6 is 0 Å². The van der Waals surface area contributed by atoms with Crippen LogP contribution in [-0.4, -0.2) is 23.6 Å². The number of nitrogens with zero attached hydrogens (tertiary/aromatic N) is 1. The largest absolute Gasteiger partial charge is 0.447 e. The van der Waals surface area contributed by atoms with Crippen molar-refractivity contribution in [3.8, 4) is 0 Å². The number of ether oxygens (including phenoxy) is 1. The van der Waals surface area contributed by atoms with Crippen molar-refractivity contribution >= 4 is 6.09 Å². The molecule has 0 aromatic carbocycles. The van der Waals surface area contributed by atoms with Crippen LogP contribution < -0.4 is 0 Å². The normalized spacial score (nSPS) is 23.5. The number of cyclic esters (lactones) is 1. The van der Waals surface area contributed by atoms with Crippen molar-refractivity contribution in [1.82, 2.24) is 4.90 Å². The Labute approximate surface area is 66.6 Å². The first kappa shape index (κ1) is 8.11. The van der Waals surface area contributed by atoms with Crippen LogP contribution in [0.5, 0.6) is 0 Å². The van der Waals surface area contributed by atoms with Gasteiger partial charge in [-0.15, -0.1) is 0 Å². The minimum absolute atomic E-state index is 0.213. The minimum Gasteiger partial charge on any atom is -0.447 e. The van der Waals surface area contributed by atoms with E-state index >= 15 is 0 Å². The number of carbonyl (C=O) groups is 1. The molecule has 1 aliphatic heterocycles. The molecule has 3 nitrogen and oxygen atoms in total. The van der Waals surface area contributed by atoms with Gasteiger partial charge in [-0.3, -0.25) is 4.90 Å². The van der Waals surface area contributed by atoms with Crippen LogP contribution in [0.1, 0.15) is 19.8 Å². The lowest BCUT2D eigenvalue weighted by Crippen LogP contribution is -2.27. The fourth-order valence-electron chi connectivity index (χ4n) is 1.25. The highest BCUT2D eigenvalue weighted by Gasteiger charge is 2.29. The molecule has 0 N–H and O–H groups in total. The first-order valence-corrected chi connectivity index (χ1v) is 3.87. The van der Waals surface area contributed by atoms with E-state index in [1.807, 2.05) is 0 Å². The Morgan fingerprint density at radius 2 is 2.64 bits per heavy atom. The molecule has 1 amide bonds. The van der Waals surface area contributed by atoms with Crippen LogP contribution in [0.25, 0.3) is 0 Å². The molecule has 1 aliphatic rings. The molecular formula is C8H13NO2. The molecule has 0 aromatic rings. The van der Waals surface area contributed by atoms with E-state index in [4.69, 9.17) is 4.74 Å². The van der Waals surface area contributed by atoms with Crippen LogP contribution in [0.4, 0.5) is 4.79 Å². The van der Waals surface area contributed by atoms with E-state index in [9.17, 15) is 4.79 Å². The molecule has 0 radical (unpaired) electrons. The van der Waals surface area contributed by atoms with Crippen molar-refractivity contribution in [2.24, 2.45) is 0 Å². The van der Waals surface area contributed by atoms with Crippen molar-refractivity contribution in [3.05, 3.63) is 12.8 Å². The molecule has 0 spiro atoms. The zero-order valence-corrected chi connectivity index (χ0v) is 6.75. The number of carbonyl (C=O) groups excluding carboxylic acids is 1. The number of hydrogen-bond acceptors (Lipinski definition) is 2. The van der Waals surface area contributed by atoms with Crippen LogP contribution in [-0.2, 0) is 4.74 Å². The van der Waals surface area contributed by atoms with Gasteiger partial charge in [0.05, 0.1) is 6.04 Å². The number of rotatable bonds is 3. The van der Waals surface area contributed by atoms with Crippen molar-refractivity contribution in [2.45, 2.75) is 25.8 Å². The van der Waals surface area contributed by atoms with E-state index in [0.29, 0.717) is 6.61 Å². The third kappa shape index (κ3) is 1.53. The fourth-order valence-corrected chi connectivity index (χ4v) is 1.25. The van der Waals surface area contributed by atoms with Gasteiger partial charge in [0.1, 0.15) is 6.61 Å². The van der Waals surface area contributed by atoms with Crippen LogP contribution in [0.2, 0.25) is 0 Å². The Morgan fingerprint density at radius 1 is 1.91 bits per heavy atom. The van der Waals surface area contributed by atoms with Gasteiger partial charge < -0.3 is 4.74 Å². The monoisotopic (exact) mass is 155 g/mol. The molecule has 11 heavy (non-hydrogen) atoms. The summed E-state index contributed by atoms with van der Waals surface area (Å²) in [5.41, 5.74) is 0. The van der Waals surface area contributed by atoms with Gasteiger partial charge in [-0.1, -0.05) is 19.9 Å². The third-order valence-corrected chi connectivity index (χ3v) is 1.82. The zero-order chi connectivity index (χ0) is 8.27. The van der Waals surface area contributed by atoms with E-state index in [2.05, 4.69) is 13.5 Å². The van der Waals surface area contributed by atoms with Crippen molar-refractivity contribution < 1.29 is 9.53 Å². The SMILES string of the molecule is C=CN1C(=O)OCC1CCC. The molecule has 1 heterocycles. The highest BCUT2D eigenvalue weighted by Crippen LogP contribution is 2.16. The molecular weight excluding hydrogens is 142 g/mol. The summed E-state index contributed by atoms with van der Waals surface area (Å²) in [7, 11) is 0. The highest BCUT2D eigenvalue weighted by atomic mass is 16.6. The second kappa shape index (κ2) is 3.42. The average Bonchev–Trinajstić information content (AvgIpc) is 2.33. The maximum Gasteiger partial charge on any atom is 0.414 e. The first-order chi connectivity index (χ1) is 5.29. The van der Waals surface area contributed by atoms with Gasteiger partial charge in [0.2, 0.25) is 0 Å². The van der Waals surface area contributed by atoms with Crippen LogP contribution in [0.3, 0.4) is 0 Å². The summed E-state index contributed by atoms with van der Waals surface area (Å²) in [6.45, 7) is 6.15. The quantitative estimate of drug-likeness (QED) is 0.621.